The van der Waals surface area contributed by atoms with Crippen LogP contribution in [-0.4, -0.2) is 20.7 Å². The van der Waals surface area contributed by atoms with E-state index >= 15 is 0 Å². The van der Waals surface area contributed by atoms with Crippen molar-refractivity contribution >= 4 is 17.5 Å². The van der Waals surface area contributed by atoms with Crippen molar-refractivity contribution in [3.63, 3.8) is 0 Å². The molecule has 0 bridgehead atoms. The summed E-state index contributed by atoms with van der Waals surface area (Å²) in [4.78, 5) is 16.5. The molecule has 5 nitrogen and oxygen atoms in total. The first kappa shape index (κ1) is 16.8. The van der Waals surface area contributed by atoms with Gasteiger partial charge in [0.1, 0.15) is 0 Å². The minimum atomic E-state index is -0.102. The molecule has 132 valence electrons. The van der Waals surface area contributed by atoms with Crippen molar-refractivity contribution in [2.45, 2.75) is 31.8 Å². The quantitative estimate of drug-likeness (QED) is 0.764. The molecule has 1 aliphatic rings. The zero-order chi connectivity index (χ0) is 17.9. The molecule has 2 aromatic heterocycles. The molecule has 3 aromatic rings. The first-order valence-corrected chi connectivity index (χ1v) is 9.09. The molecule has 0 spiro atoms. The molecule has 2 heterocycles. The van der Waals surface area contributed by atoms with Gasteiger partial charge < -0.3 is 5.32 Å². The highest BCUT2D eigenvalue weighted by Gasteiger charge is 2.26. The van der Waals surface area contributed by atoms with Gasteiger partial charge in [0.2, 0.25) is 0 Å². The van der Waals surface area contributed by atoms with Crippen molar-refractivity contribution in [1.29, 1.82) is 0 Å². The maximum Gasteiger partial charge on any atom is 0.253 e. The number of hydrogen-bond donors (Lipinski definition) is 1. The highest BCUT2D eigenvalue weighted by molar-refractivity contribution is 6.31. The van der Waals surface area contributed by atoms with E-state index in [0.717, 1.165) is 35.4 Å². The third kappa shape index (κ3) is 3.35. The van der Waals surface area contributed by atoms with Crippen LogP contribution in [0.25, 0.3) is 0 Å². The molecule has 0 aliphatic heterocycles. The van der Waals surface area contributed by atoms with Crippen LogP contribution < -0.4 is 5.32 Å². The van der Waals surface area contributed by atoms with Crippen LogP contribution in [0.15, 0.2) is 55.0 Å². The van der Waals surface area contributed by atoms with Crippen LogP contribution in [0.3, 0.4) is 0 Å². The number of carbonyl (C=O) groups excluding carboxylic acids is 1. The van der Waals surface area contributed by atoms with Crippen molar-refractivity contribution in [3.05, 3.63) is 82.4 Å². The largest absolute Gasteiger partial charge is 0.345 e. The van der Waals surface area contributed by atoms with Gasteiger partial charge in [-0.15, -0.1) is 0 Å². The number of halogens is 1. The predicted molar refractivity (Wildman–Crippen MR) is 100 cm³/mol. The molecule has 26 heavy (non-hydrogen) atoms. The Morgan fingerprint density at radius 2 is 2.12 bits per heavy atom. The summed E-state index contributed by atoms with van der Waals surface area (Å²) in [5.74, 6) is -0.102. The van der Waals surface area contributed by atoms with Crippen LogP contribution in [0.1, 0.15) is 46.1 Å². The van der Waals surface area contributed by atoms with E-state index in [0.29, 0.717) is 12.1 Å². The molecular weight excluding hydrogens is 348 g/mol. The Kier molecular flexibility index (Phi) is 4.71. The van der Waals surface area contributed by atoms with Crippen molar-refractivity contribution in [1.82, 2.24) is 20.1 Å². The topological polar surface area (TPSA) is 59.8 Å². The lowest BCUT2D eigenvalue weighted by Crippen LogP contribution is -2.31. The van der Waals surface area contributed by atoms with E-state index in [9.17, 15) is 4.79 Å². The van der Waals surface area contributed by atoms with Gasteiger partial charge in [-0.3, -0.25) is 14.5 Å². The van der Waals surface area contributed by atoms with E-state index in [1.807, 2.05) is 35.1 Å². The average molecular weight is 367 g/mol. The highest BCUT2D eigenvalue weighted by Crippen LogP contribution is 2.30. The third-order valence-corrected chi connectivity index (χ3v) is 5.14. The molecule has 4 rings (SSSR count). The highest BCUT2D eigenvalue weighted by atomic mass is 35.5. The van der Waals surface area contributed by atoms with Gasteiger partial charge in [-0.2, -0.15) is 5.10 Å². The minimum absolute atomic E-state index is 0.0218. The summed E-state index contributed by atoms with van der Waals surface area (Å²) in [5, 5.41) is 8.42. The second kappa shape index (κ2) is 7.30. The minimum Gasteiger partial charge on any atom is -0.345 e. The van der Waals surface area contributed by atoms with Gasteiger partial charge in [-0.05, 0) is 43.0 Å². The lowest BCUT2D eigenvalue weighted by Gasteiger charge is -2.24. The first-order chi connectivity index (χ1) is 12.7. The van der Waals surface area contributed by atoms with Crippen LogP contribution in [0.4, 0.5) is 0 Å². The van der Waals surface area contributed by atoms with Crippen molar-refractivity contribution in [2.24, 2.45) is 0 Å². The number of carbonyl (C=O) groups is 1. The number of hydrogen-bond acceptors (Lipinski definition) is 3. The number of nitrogens with one attached hydrogen (secondary N) is 1. The fraction of sp³-hybridized carbons (Fsp3) is 0.250. The molecule has 0 fully saturated rings. The van der Waals surface area contributed by atoms with E-state index < -0.39 is 0 Å². The van der Waals surface area contributed by atoms with Crippen molar-refractivity contribution in [2.75, 3.05) is 0 Å². The van der Waals surface area contributed by atoms with E-state index in [1.54, 1.807) is 24.5 Å². The van der Waals surface area contributed by atoms with Crippen LogP contribution >= 0.6 is 11.6 Å². The molecule has 0 radical (unpaired) electrons. The molecule has 0 saturated carbocycles. The van der Waals surface area contributed by atoms with Gasteiger partial charge in [-0.25, -0.2) is 0 Å². The van der Waals surface area contributed by atoms with E-state index in [1.165, 1.54) is 5.69 Å². The second-order valence-corrected chi connectivity index (χ2v) is 6.86. The number of nitrogens with zero attached hydrogens (tertiary/aromatic N) is 3. The fourth-order valence-electron chi connectivity index (χ4n) is 3.43. The Morgan fingerprint density at radius 3 is 2.92 bits per heavy atom. The summed E-state index contributed by atoms with van der Waals surface area (Å²) in [6.45, 7) is 0.637. The summed E-state index contributed by atoms with van der Waals surface area (Å²) < 4.78 is 2.00. The lowest BCUT2D eigenvalue weighted by molar-refractivity contribution is 0.0932. The number of rotatable bonds is 4. The Balaban J connectivity index is 1.55. The summed E-state index contributed by atoms with van der Waals surface area (Å²) in [7, 11) is 0. The SMILES string of the molecule is O=C(NC1CCCc2c1cnn2Cc1ccccc1Cl)c1cccnc1. The Morgan fingerprint density at radius 1 is 1.23 bits per heavy atom. The molecule has 1 aliphatic carbocycles. The van der Waals surface area contributed by atoms with Gasteiger partial charge in [0.05, 0.1) is 24.3 Å². The van der Waals surface area contributed by atoms with Gasteiger partial charge in [0.15, 0.2) is 0 Å². The van der Waals surface area contributed by atoms with Gasteiger partial charge in [-0.1, -0.05) is 29.8 Å². The number of aromatic nitrogens is 3. The molecule has 6 heteroatoms. The van der Waals surface area contributed by atoms with E-state index in [2.05, 4.69) is 15.4 Å². The predicted octanol–water partition coefficient (Wildman–Crippen LogP) is 3.79. The Bertz CT molecular complexity index is 923. The van der Waals surface area contributed by atoms with Crippen LogP contribution in [0.5, 0.6) is 0 Å². The third-order valence-electron chi connectivity index (χ3n) is 4.77. The van der Waals surface area contributed by atoms with Gasteiger partial charge >= 0.3 is 0 Å². The standard InChI is InChI=1S/C20H19ClN4O/c21-17-7-2-1-5-15(17)13-25-19-9-3-8-18(16(19)12-23-25)24-20(26)14-6-4-10-22-11-14/h1-2,4-7,10-12,18H,3,8-9,13H2,(H,24,26). The Labute approximate surface area is 157 Å². The summed E-state index contributed by atoms with van der Waals surface area (Å²) >= 11 is 6.29. The normalized spacial score (nSPS) is 16.1. The second-order valence-electron chi connectivity index (χ2n) is 6.46. The number of benzene rings is 1. The fourth-order valence-corrected chi connectivity index (χ4v) is 3.63. The van der Waals surface area contributed by atoms with Crippen molar-refractivity contribution < 1.29 is 4.79 Å². The maximum atomic E-state index is 12.5. The maximum absolute atomic E-state index is 12.5. The summed E-state index contributed by atoms with van der Waals surface area (Å²) in [6, 6.07) is 11.3. The molecule has 1 amide bonds. The van der Waals surface area contributed by atoms with E-state index in [4.69, 9.17) is 11.6 Å². The zero-order valence-corrected chi connectivity index (χ0v) is 15.0. The molecule has 1 unspecified atom stereocenters. The molecule has 0 saturated heterocycles. The van der Waals surface area contributed by atoms with Crippen LogP contribution in [-0.2, 0) is 13.0 Å². The molecule has 1 aromatic carbocycles. The zero-order valence-electron chi connectivity index (χ0n) is 14.2. The molecule has 1 N–H and O–H groups in total. The number of pyridine rings is 1. The summed E-state index contributed by atoms with van der Waals surface area (Å²) in [6.07, 6.45) is 8.00. The van der Waals surface area contributed by atoms with Crippen LogP contribution in [0.2, 0.25) is 5.02 Å². The van der Waals surface area contributed by atoms with E-state index in [-0.39, 0.29) is 11.9 Å². The molecule has 1 atom stereocenters. The molecular formula is C20H19ClN4O. The number of fused-ring (bicyclic) bond motifs is 1. The summed E-state index contributed by atoms with van der Waals surface area (Å²) in [5.41, 5.74) is 3.89. The first-order valence-electron chi connectivity index (χ1n) is 8.71. The van der Waals surface area contributed by atoms with Crippen molar-refractivity contribution in [3.8, 4) is 0 Å². The van der Waals surface area contributed by atoms with Crippen LogP contribution in [0, 0.1) is 0 Å². The monoisotopic (exact) mass is 366 g/mol. The van der Waals surface area contributed by atoms with Gasteiger partial charge in [0.25, 0.3) is 5.91 Å². The average Bonchev–Trinajstić information content (AvgIpc) is 3.08. The van der Waals surface area contributed by atoms with Gasteiger partial charge in [0, 0.05) is 28.7 Å². The number of amides is 1. The smallest absolute Gasteiger partial charge is 0.253 e. The lowest BCUT2D eigenvalue weighted by atomic mass is 9.92. The Hall–Kier alpha value is -2.66.